The highest BCUT2D eigenvalue weighted by Crippen LogP contribution is 2.51. The van der Waals surface area contributed by atoms with E-state index in [0.29, 0.717) is 52.2 Å². The molecule has 6 heteroatoms. The molecule has 1 aromatic rings. The summed E-state index contributed by atoms with van der Waals surface area (Å²) in [7, 11) is 0. The molecule has 1 aromatic carbocycles. The number of benzene rings is 1. The van der Waals surface area contributed by atoms with Crippen LogP contribution >= 0.6 is 0 Å². The molecule has 0 radical (unpaired) electrons. The van der Waals surface area contributed by atoms with Crippen LogP contribution in [-0.4, -0.2) is 35.8 Å². The maximum absolute atomic E-state index is 13.6. The van der Waals surface area contributed by atoms with E-state index in [2.05, 4.69) is 36.7 Å². The highest BCUT2D eigenvalue weighted by atomic mass is 16.2. The predicted molar refractivity (Wildman–Crippen MR) is 164 cm³/mol. The van der Waals surface area contributed by atoms with Gasteiger partial charge >= 0.3 is 0 Å². The number of carbonyl (C=O) groups excluding carboxylic acids is 3. The molecule has 228 valence electrons. The van der Waals surface area contributed by atoms with Crippen molar-refractivity contribution in [1.29, 1.82) is 0 Å². The second-order valence-electron chi connectivity index (χ2n) is 15.6. The van der Waals surface area contributed by atoms with Crippen molar-refractivity contribution in [2.24, 2.45) is 53.3 Å². The molecule has 6 fully saturated rings. The van der Waals surface area contributed by atoms with Crippen molar-refractivity contribution in [3.63, 3.8) is 0 Å². The lowest BCUT2D eigenvalue weighted by atomic mass is 9.83. The summed E-state index contributed by atoms with van der Waals surface area (Å²) in [5.41, 5.74) is 1.22. The Balaban J connectivity index is 1.08. The van der Waals surface area contributed by atoms with Gasteiger partial charge in [0.2, 0.25) is 0 Å². The quantitative estimate of drug-likeness (QED) is 0.322. The summed E-state index contributed by atoms with van der Waals surface area (Å²) in [6.07, 6.45) is 15.3. The fourth-order valence-electron chi connectivity index (χ4n) is 10.9. The molecule has 42 heavy (non-hydrogen) atoms. The summed E-state index contributed by atoms with van der Waals surface area (Å²) < 4.78 is 0. The van der Waals surface area contributed by atoms with Crippen molar-refractivity contribution >= 4 is 17.7 Å². The van der Waals surface area contributed by atoms with Crippen molar-refractivity contribution in [2.75, 3.05) is 0 Å². The smallest absolute Gasteiger partial charge is 0.251 e. The molecule has 6 aliphatic rings. The predicted octanol–water partition coefficient (Wildman–Crippen LogP) is 6.35. The Hall–Kier alpha value is -2.37. The van der Waals surface area contributed by atoms with Gasteiger partial charge in [-0.25, -0.2) is 0 Å². The van der Waals surface area contributed by atoms with Crippen LogP contribution in [-0.2, 0) is 0 Å². The van der Waals surface area contributed by atoms with Crippen molar-refractivity contribution < 1.29 is 14.4 Å². The van der Waals surface area contributed by atoms with Gasteiger partial charge in [-0.05, 0) is 150 Å². The SMILES string of the molecule is C[C@H](NC(=O)c1cc(C(=O)N[C@H](C)[C@@H]2C[C@H]3CC[C@H]2C3)cc(C(=O)N[C@H](C)[C@H]2C[C@H]3CC[C@H]2C3)c1)[C@@H]1C[C@H]2CC[C@H]1C2. The van der Waals surface area contributed by atoms with Gasteiger partial charge in [0.15, 0.2) is 0 Å². The van der Waals surface area contributed by atoms with E-state index in [9.17, 15) is 14.4 Å². The van der Waals surface area contributed by atoms with Crippen molar-refractivity contribution in [3.05, 3.63) is 34.9 Å². The van der Waals surface area contributed by atoms with Gasteiger partial charge in [-0.3, -0.25) is 14.4 Å². The molecule has 0 unspecified atom stereocenters. The van der Waals surface area contributed by atoms with E-state index in [-0.39, 0.29) is 35.8 Å². The zero-order valence-electron chi connectivity index (χ0n) is 25.9. The third kappa shape index (κ3) is 5.41. The Labute approximate surface area is 251 Å². The number of fused-ring (bicyclic) bond motifs is 6. The van der Waals surface area contributed by atoms with Crippen LogP contribution in [0, 0.1) is 53.3 Å². The molecule has 0 heterocycles. The van der Waals surface area contributed by atoms with Gasteiger partial charge in [0.1, 0.15) is 0 Å². The lowest BCUT2D eigenvalue weighted by Crippen LogP contribution is -2.42. The average Bonchev–Trinajstić information content (AvgIpc) is 3.84. The zero-order valence-corrected chi connectivity index (χ0v) is 25.9. The van der Waals surface area contributed by atoms with Crippen LogP contribution in [0.4, 0.5) is 0 Å². The van der Waals surface area contributed by atoms with Crippen molar-refractivity contribution in [3.8, 4) is 0 Å². The molecule has 6 saturated carbocycles. The fraction of sp³-hybridized carbons (Fsp3) is 0.750. The molecule has 6 bridgehead atoms. The molecular weight excluding hydrogens is 522 g/mol. The van der Waals surface area contributed by atoms with E-state index in [1.54, 1.807) is 18.2 Å². The van der Waals surface area contributed by atoms with E-state index >= 15 is 0 Å². The molecule has 7 rings (SSSR count). The lowest BCUT2D eigenvalue weighted by Gasteiger charge is -2.29. The lowest BCUT2D eigenvalue weighted by molar-refractivity contribution is 0.0914. The molecule has 0 aromatic heterocycles. The first-order chi connectivity index (χ1) is 20.2. The number of hydrogen-bond donors (Lipinski definition) is 3. The number of carbonyl (C=O) groups is 3. The van der Waals surface area contributed by atoms with Gasteiger partial charge in [0.25, 0.3) is 17.7 Å². The first-order valence-electron chi connectivity index (χ1n) is 17.3. The molecule has 12 atom stereocenters. The zero-order chi connectivity index (χ0) is 29.1. The van der Waals surface area contributed by atoms with Crippen LogP contribution < -0.4 is 16.0 Å². The maximum atomic E-state index is 13.6. The summed E-state index contributed by atoms with van der Waals surface area (Å²) in [4.78, 5) is 40.9. The Morgan fingerprint density at radius 2 is 0.786 bits per heavy atom. The van der Waals surface area contributed by atoms with E-state index in [1.807, 2.05) is 0 Å². The average molecular weight is 574 g/mol. The van der Waals surface area contributed by atoms with Gasteiger partial charge in [-0.2, -0.15) is 0 Å². The second-order valence-corrected chi connectivity index (χ2v) is 15.6. The van der Waals surface area contributed by atoms with Crippen LogP contribution in [0.5, 0.6) is 0 Å². The largest absolute Gasteiger partial charge is 0.349 e. The fourth-order valence-corrected chi connectivity index (χ4v) is 10.9. The Morgan fingerprint density at radius 3 is 1.00 bits per heavy atom. The van der Waals surface area contributed by atoms with Crippen molar-refractivity contribution in [1.82, 2.24) is 16.0 Å². The number of nitrogens with one attached hydrogen (secondary N) is 3. The minimum atomic E-state index is -0.184. The summed E-state index contributed by atoms with van der Waals surface area (Å²) in [6, 6.07) is 5.33. The van der Waals surface area contributed by atoms with Gasteiger partial charge in [-0.1, -0.05) is 19.3 Å². The molecule has 6 aliphatic carbocycles. The van der Waals surface area contributed by atoms with Crippen molar-refractivity contribution in [2.45, 2.75) is 116 Å². The summed E-state index contributed by atoms with van der Waals surface area (Å²) in [5.74, 6) is 5.59. The summed E-state index contributed by atoms with van der Waals surface area (Å²) in [6.45, 7) is 6.38. The molecular formula is C36H51N3O3. The van der Waals surface area contributed by atoms with Crippen LogP contribution in [0.1, 0.15) is 129 Å². The first kappa shape index (κ1) is 28.4. The first-order valence-corrected chi connectivity index (χ1v) is 17.3. The minimum absolute atomic E-state index is 0.0816. The molecule has 6 nitrogen and oxygen atoms in total. The number of hydrogen-bond acceptors (Lipinski definition) is 3. The number of amides is 3. The topological polar surface area (TPSA) is 87.3 Å². The summed E-state index contributed by atoms with van der Waals surface area (Å²) in [5, 5.41) is 9.78. The Bertz CT molecular complexity index is 1070. The van der Waals surface area contributed by atoms with E-state index in [0.717, 1.165) is 17.8 Å². The van der Waals surface area contributed by atoms with Crippen LogP contribution in [0.15, 0.2) is 18.2 Å². The van der Waals surface area contributed by atoms with E-state index < -0.39 is 0 Å². The van der Waals surface area contributed by atoms with Crippen LogP contribution in [0.2, 0.25) is 0 Å². The van der Waals surface area contributed by atoms with Gasteiger partial charge in [0, 0.05) is 34.8 Å². The van der Waals surface area contributed by atoms with E-state index in [4.69, 9.17) is 0 Å². The second kappa shape index (κ2) is 11.3. The van der Waals surface area contributed by atoms with Crippen LogP contribution in [0.3, 0.4) is 0 Å². The van der Waals surface area contributed by atoms with Gasteiger partial charge < -0.3 is 16.0 Å². The molecule has 0 aliphatic heterocycles. The monoisotopic (exact) mass is 573 g/mol. The standard InChI is InChI=1S/C36H51N3O3/c1-19(31-13-22-4-7-25(31)10-22)37-34(40)28-16-29(35(41)38-20(2)32-14-23-5-8-26(32)11-23)18-30(17-28)36(42)39-21(3)33-15-24-6-9-27(33)12-24/h16-27,31-33H,4-15H2,1-3H3,(H,37,40)(H,38,41)(H,39,42)/t19-,20-,21+,22+,23+,24+,25+,26+,27+,31-,32+,33+/m1/s1. The van der Waals surface area contributed by atoms with E-state index in [1.165, 1.54) is 77.0 Å². The molecule has 3 amide bonds. The minimum Gasteiger partial charge on any atom is -0.349 e. The highest BCUT2D eigenvalue weighted by Gasteiger charge is 2.44. The van der Waals surface area contributed by atoms with Crippen LogP contribution in [0.25, 0.3) is 0 Å². The highest BCUT2D eigenvalue weighted by molar-refractivity contribution is 6.04. The number of rotatable bonds is 9. The third-order valence-corrected chi connectivity index (χ3v) is 13.1. The van der Waals surface area contributed by atoms with Gasteiger partial charge in [0.05, 0.1) is 0 Å². The normalized spacial score (nSPS) is 37.9. The maximum Gasteiger partial charge on any atom is 0.251 e. The Morgan fingerprint density at radius 1 is 0.500 bits per heavy atom. The molecule has 3 N–H and O–H groups in total. The van der Waals surface area contributed by atoms with Gasteiger partial charge in [-0.15, -0.1) is 0 Å². The molecule has 0 spiro atoms. The third-order valence-electron chi connectivity index (χ3n) is 13.1. The summed E-state index contributed by atoms with van der Waals surface area (Å²) >= 11 is 0. The molecule has 0 saturated heterocycles. The Kier molecular flexibility index (Phi) is 7.63.